The summed E-state index contributed by atoms with van der Waals surface area (Å²) in [4.78, 5) is 17.6. The molecule has 0 bridgehead atoms. The van der Waals surface area contributed by atoms with Gasteiger partial charge in [0.15, 0.2) is 0 Å². The Balaban J connectivity index is 2.36. The van der Waals surface area contributed by atoms with Crippen molar-refractivity contribution in [2.24, 2.45) is 0 Å². The van der Waals surface area contributed by atoms with Crippen molar-refractivity contribution in [1.82, 2.24) is 15.0 Å². The number of ether oxygens (including phenoxy) is 1. The number of morpholine rings is 1. The highest BCUT2D eigenvalue weighted by Gasteiger charge is 2.28. The highest BCUT2D eigenvalue weighted by Crippen LogP contribution is 2.22. The summed E-state index contributed by atoms with van der Waals surface area (Å²) in [5.74, 6) is 2.33. The van der Waals surface area contributed by atoms with E-state index in [1.807, 2.05) is 19.0 Å². The maximum atomic E-state index is 9.31. The number of rotatable bonds is 4. The van der Waals surface area contributed by atoms with Gasteiger partial charge in [-0.1, -0.05) is 13.8 Å². The van der Waals surface area contributed by atoms with Crippen LogP contribution in [0.4, 0.5) is 11.9 Å². The lowest BCUT2D eigenvalue weighted by atomic mass is 10.2. The molecule has 2 heterocycles. The predicted molar refractivity (Wildman–Crippen MR) is 81.9 cm³/mol. The first-order valence-corrected chi connectivity index (χ1v) is 7.34. The Labute approximate surface area is 126 Å². The number of aromatic nitrogens is 3. The van der Waals surface area contributed by atoms with Crippen LogP contribution < -0.4 is 9.80 Å². The fraction of sp³-hybridized carbons (Fsp3) is 0.786. The minimum Gasteiger partial charge on any atom is -0.394 e. The van der Waals surface area contributed by atoms with Gasteiger partial charge in [0.2, 0.25) is 11.9 Å². The van der Waals surface area contributed by atoms with Crippen LogP contribution in [0.2, 0.25) is 0 Å². The number of nitrogens with zero attached hydrogens (tertiary/aromatic N) is 5. The second-order valence-corrected chi connectivity index (χ2v) is 5.98. The molecule has 1 aliphatic heterocycles. The van der Waals surface area contributed by atoms with Gasteiger partial charge in [0.25, 0.3) is 0 Å². The van der Waals surface area contributed by atoms with Crippen LogP contribution in [-0.2, 0) is 4.74 Å². The van der Waals surface area contributed by atoms with Crippen molar-refractivity contribution in [3.8, 4) is 0 Å². The molecular formula is C14H25N5O2. The number of hydrogen-bond acceptors (Lipinski definition) is 7. The first-order chi connectivity index (χ1) is 9.92. The maximum Gasteiger partial charge on any atom is 0.230 e. The number of aliphatic hydroxyl groups is 1. The third-order valence-corrected chi connectivity index (χ3v) is 3.51. The Morgan fingerprint density at radius 3 is 2.62 bits per heavy atom. The highest BCUT2D eigenvalue weighted by molar-refractivity contribution is 5.40. The van der Waals surface area contributed by atoms with Crippen LogP contribution in [0.3, 0.4) is 0 Å². The average Bonchev–Trinajstić information content (AvgIpc) is 2.47. The molecular weight excluding hydrogens is 270 g/mol. The Morgan fingerprint density at radius 2 is 2.05 bits per heavy atom. The summed E-state index contributed by atoms with van der Waals surface area (Å²) in [5, 5.41) is 9.31. The summed E-state index contributed by atoms with van der Waals surface area (Å²) < 4.78 is 5.57. The van der Waals surface area contributed by atoms with Gasteiger partial charge in [-0.25, -0.2) is 0 Å². The van der Waals surface area contributed by atoms with E-state index in [1.54, 1.807) is 0 Å². The average molecular weight is 295 g/mol. The molecule has 1 aromatic heterocycles. The van der Waals surface area contributed by atoms with E-state index in [2.05, 4.69) is 40.6 Å². The van der Waals surface area contributed by atoms with E-state index >= 15 is 0 Å². The summed E-state index contributed by atoms with van der Waals surface area (Å²) in [5.41, 5.74) is 0. The molecule has 0 radical (unpaired) electrons. The van der Waals surface area contributed by atoms with Gasteiger partial charge < -0.3 is 19.6 Å². The Bertz CT molecular complexity index is 454. The maximum absolute atomic E-state index is 9.31. The molecule has 118 valence electrons. The monoisotopic (exact) mass is 295 g/mol. The smallest absolute Gasteiger partial charge is 0.230 e. The molecule has 0 amide bonds. The zero-order valence-corrected chi connectivity index (χ0v) is 13.4. The standard InChI is InChI=1S/C14H25N5O2/c1-9(2)12-15-13(18(4)5)17-14(16-12)19-6-11(7-20)21-8-10(19)3/h9-11,20H,6-8H2,1-5H3. The number of anilines is 2. The minimum atomic E-state index is -0.191. The molecule has 1 aliphatic rings. The second kappa shape index (κ2) is 6.53. The third-order valence-electron chi connectivity index (χ3n) is 3.51. The van der Waals surface area contributed by atoms with Crippen molar-refractivity contribution < 1.29 is 9.84 Å². The first kappa shape index (κ1) is 15.9. The molecule has 2 unspecified atom stereocenters. The summed E-state index contributed by atoms with van der Waals surface area (Å²) in [6, 6.07) is 0.172. The fourth-order valence-electron chi connectivity index (χ4n) is 2.16. The molecule has 1 N–H and O–H groups in total. The van der Waals surface area contributed by atoms with Gasteiger partial charge in [0.05, 0.1) is 25.4 Å². The summed E-state index contributed by atoms with van der Waals surface area (Å²) in [7, 11) is 3.84. The molecule has 2 atom stereocenters. The highest BCUT2D eigenvalue weighted by atomic mass is 16.5. The van der Waals surface area contributed by atoms with E-state index in [9.17, 15) is 5.11 Å². The van der Waals surface area contributed by atoms with E-state index in [4.69, 9.17) is 4.74 Å². The van der Waals surface area contributed by atoms with Crippen LogP contribution in [0.25, 0.3) is 0 Å². The van der Waals surface area contributed by atoms with E-state index < -0.39 is 0 Å². The minimum absolute atomic E-state index is 0.00583. The van der Waals surface area contributed by atoms with E-state index in [0.717, 1.165) is 5.82 Å². The zero-order valence-electron chi connectivity index (χ0n) is 13.4. The quantitative estimate of drug-likeness (QED) is 0.874. The molecule has 7 heteroatoms. The van der Waals surface area contributed by atoms with E-state index in [-0.39, 0.29) is 24.7 Å². The molecule has 2 rings (SSSR count). The lowest BCUT2D eigenvalue weighted by Crippen LogP contribution is -2.50. The van der Waals surface area contributed by atoms with E-state index in [1.165, 1.54) is 0 Å². The lowest BCUT2D eigenvalue weighted by Gasteiger charge is -2.37. The van der Waals surface area contributed by atoms with Crippen LogP contribution in [0.1, 0.15) is 32.5 Å². The Kier molecular flexibility index (Phi) is 4.95. The molecule has 21 heavy (non-hydrogen) atoms. The molecule has 0 aromatic carbocycles. The first-order valence-electron chi connectivity index (χ1n) is 7.34. The van der Waals surface area contributed by atoms with Gasteiger partial charge in [0.1, 0.15) is 5.82 Å². The van der Waals surface area contributed by atoms with Crippen molar-refractivity contribution in [2.75, 3.05) is 43.7 Å². The lowest BCUT2D eigenvalue weighted by molar-refractivity contribution is -0.0108. The SMILES string of the molecule is CC(C)c1nc(N(C)C)nc(N2CC(CO)OCC2C)n1. The molecule has 1 aromatic rings. The van der Waals surface area contributed by atoms with Crippen LogP contribution in [0.5, 0.6) is 0 Å². The van der Waals surface area contributed by atoms with Crippen molar-refractivity contribution in [1.29, 1.82) is 0 Å². The summed E-state index contributed by atoms with van der Waals surface area (Å²) >= 11 is 0. The largest absolute Gasteiger partial charge is 0.394 e. The van der Waals surface area contributed by atoms with Crippen LogP contribution in [0.15, 0.2) is 0 Å². The normalized spacial score (nSPS) is 22.7. The van der Waals surface area contributed by atoms with Crippen LogP contribution in [0, 0.1) is 0 Å². The van der Waals surface area contributed by atoms with Gasteiger partial charge in [-0.2, -0.15) is 15.0 Å². The van der Waals surface area contributed by atoms with Gasteiger partial charge in [-0.3, -0.25) is 0 Å². The second-order valence-electron chi connectivity index (χ2n) is 5.98. The van der Waals surface area contributed by atoms with Crippen molar-refractivity contribution in [3.63, 3.8) is 0 Å². The van der Waals surface area contributed by atoms with Crippen LogP contribution >= 0.6 is 0 Å². The molecule has 1 fully saturated rings. The number of aliphatic hydroxyl groups excluding tert-OH is 1. The fourth-order valence-corrected chi connectivity index (χ4v) is 2.16. The van der Waals surface area contributed by atoms with Crippen LogP contribution in [-0.4, -0.2) is 66.1 Å². The third kappa shape index (κ3) is 3.59. The molecule has 0 spiro atoms. The molecule has 0 aliphatic carbocycles. The molecule has 1 saturated heterocycles. The van der Waals surface area contributed by atoms with Gasteiger partial charge in [0, 0.05) is 26.6 Å². The van der Waals surface area contributed by atoms with E-state index in [0.29, 0.717) is 25.0 Å². The van der Waals surface area contributed by atoms with Crippen molar-refractivity contribution >= 4 is 11.9 Å². The topological polar surface area (TPSA) is 74.6 Å². The number of hydrogen-bond donors (Lipinski definition) is 1. The molecule has 0 saturated carbocycles. The van der Waals surface area contributed by atoms with Gasteiger partial charge in [-0.05, 0) is 6.92 Å². The summed E-state index contributed by atoms with van der Waals surface area (Å²) in [6.45, 7) is 7.36. The molecule has 7 nitrogen and oxygen atoms in total. The van der Waals surface area contributed by atoms with Gasteiger partial charge in [-0.15, -0.1) is 0 Å². The van der Waals surface area contributed by atoms with Crippen molar-refractivity contribution in [2.45, 2.75) is 38.8 Å². The van der Waals surface area contributed by atoms with Crippen molar-refractivity contribution in [3.05, 3.63) is 5.82 Å². The predicted octanol–water partition coefficient (Wildman–Crippen LogP) is 0.647. The Morgan fingerprint density at radius 1 is 1.33 bits per heavy atom. The summed E-state index contributed by atoms with van der Waals surface area (Å²) in [6.07, 6.45) is -0.191. The van der Waals surface area contributed by atoms with Gasteiger partial charge >= 0.3 is 0 Å². The Hall–Kier alpha value is -1.47. The zero-order chi connectivity index (χ0) is 15.6.